The number of carbonyl (C=O) groups is 1. The van der Waals surface area contributed by atoms with Gasteiger partial charge in [0.2, 0.25) is 5.91 Å². The van der Waals surface area contributed by atoms with Gasteiger partial charge in [-0.25, -0.2) is 0 Å². The molecule has 1 heterocycles. The average molecular weight is 303 g/mol. The van der Waals surface area contributed by atoms with Crippen molar-refractivity contribution in [2.24, 2.45) is 0 Å². The maximum absolute atomic E-state index is 12.5. The molecule has 0 saturated carbocycles. The lowest BCUT2D eigenvalue weighted by atomic mass is 9.90. The third-order valence-electron chi connectivity index (χ3n) is 3.57. The first-order valence-corrected chi connectivity index (χ1v) is 7.10. The fourth-order valence-corrected chi connectivity index (χ4v) is 2.77. The Morgan fingerprint density at radius 3 is 2.95 bits per heavy atom. The molecule has 21 heavy (non-hydrogen) atoms. The van der Waals surface area contributed by atoms with E-state index in [1.807, 2.05) is 12.1 Å². The maximum Gasteiger partial charge on any atom is 0.233 e. The molecule has 0 spiro atoms. The van der Waals surface area contributed by atoms with E-state index in [0.717, 1.165) is 11.1 Å². The number of fused-ring (bicyclic) bond motifs is 1. The van der Waals surface area contributed by atoms with E-state index in [0.29, 0.717) is 23.8 Å². The highest BCUT2D eigenvalue weighted by molar-refractivity contribution is 6.30. The van der Waals surface area contributed by atoms with Gasteiger partial charge in [-0.2, -0.15) is 0 Å². The van der Waals surface area contributed by atoms with Crippen molar-refractivity contribution >= 4 is 23.2 Å². The van der Waals surface area contributed by atoms with Crippen molar-refractivity contribution in [3.8, 4) is 5.75 Å². The van der Waals surface area contributed by atoms with E-state index >= 15 is 0 Å². The second-order valence-corrected chi connectivity index (χ2v) is 5.50. The number of nitrogens with one attached hydrogen (secondary N) is 2. The molecule has 4 nitrogen and oxygen atoms in total. The molecule has 1 aliphatic rings. The Bertz CT molecular complexity index is 688. The van der Waals surface area contributed by atoms with E-state index in [-0.39, 0.29) is 17.6 Å². The summed E-state index contributed by atoms with van der Waals surface area (Å²) in [5.74, 6) is -0.244. The normalized spacial score (nSPS) is 17.1. The van der Waals surface area contributed by atoms with Crippen LogP contribution in [0.3, 0.4) is 0 Å². The Labute approximate surface area is 127 Å². The second kappa shape index (κ2) is 5.76. The van der Waals surface area contributed by atoms with E-state index in [1.165, 1.54) is 6.07 Å². The Hall–Kier alpha value is -2.04. The number of halogens is 1. The van der Waals surface area contributed by atoms with Gasteiger partial charge in [-0.05, 0) is 35.4 Å². The van der Waals surface area contributed by atoms with Gasteiger partial charge < -0.3 is 15.7 Å². The third kappa shape index (κ3) is 3.01. The summed E-state index contributed by atoms with van der Waals surface area (Å²) in [4.78, 5) is 12.5. The van der Waals surface area contributed by atoms with E-state index in [2.05, 4.69) is 10.6 Å². The molecule has 0 aromatic heterocycles. The molecule has 3 N–H and O–H groups in total. The number of amides is 1. The number of phenols is 1. The van der Waals surface area contributed by atoms with Crippen molar-refractivity contribution in [3.05, 3.63) is 58.6 Å². The number of aromatic hydroxyl groups is 1. The lowest BCUT2D eigenvalue weighted by Crippen LogP contribution is -2.35. The number of rotatable bonds is 2. The molecule has 1 atom stereocenters. The number of benzene rings is 2. The summed E-state index contributed by atoms with van der Waals surface area (Å²) in [6.45, 7) is 1.30. The minimum atomic E-state index is -0.270. The SMILES string of the molecule is O=C(Nc1cccc(O)c1)C1CNCc2cc(Cl)ccc21. The van der Waals surface area contributed by atoms with Crippen molar-refractivity contribution in [2.45, 2.75) is 12.5 Å². The largest absolute Gasteiger partial charge is 0.508 e. The summed E-state index contributed by atoms with van der Waals surface area (Å²) < 4.78 is 0. The van der Waals surface area contributed by atoms with Crippen LogP contribution in [0.5, 0.6) is 5.75 Å². The van der Waals surface area contributed by atoms with Crippen LogP contribution in [0, 0.1) is 0 Å². The number of phenolic OH excluding ortho intramolecular Hbond substituents is 1. The third-order valence-corrected chi connectivity index (χ3v) is 3.81. The van der Waals surface area contributed by atoms with E-state index in [9.17, 15) is 9.90 Å². The molecular formula is C16H15ClN2O2. The maximum atomic E-state index is 12.5. The zero-order chi connectivity index (χ0) is 14.8. The number of anilines is 1. The molecule has 5 heteroatoms. The summed E-state index contributed by atoms with van der Waals surface area (Å²) in [5.41, 5.74) is 2.63. The van der Waals surface area contributed by atoms with Crippen LogP contribution in [-0.2, 0) is 11.3 Å². The molecule has 108 valence electrons. The summed E-state index contributed by atoms with van der Waals surface area (Å²) >= 11 is 6.00. The summed E-state index contributed by atoms with van der Waals surface area (Å²) in [5, 5.41) is 16.2. The summed E-state index contributed by atoms with van der Waals surface area (Å²) in [6.07, 6.45) is 0. The van der Waals surface area contributed by atoms with Crippen LogP contribution in [0.4, 0.5) is 5.69 Å². The second-order valence-electron chi connectivity index (χ2n) is 5.07. The predicted octanol–water partition coefficient (Wildman–Crippen LogP) is 2.87. The van der Waals surface area contributed by atoms with E-state index < -0.39 is 0 Å². The van der Waals surface area contributed by atoms with Crippen LogP contribution >= 0.6 is 11.6 Å². The summed E-state index contributed by atoms with van der Waals surface area (Å²) in [7, 11) is 0. The van der Waals surface area contributed by atoms with Gasteiger partial charge >= 0.3 is 0 Å². The zero-order valence-electron chi connectivity index (χ0n) is 11.3. The Morgan fingerprint density at radius 2 is 2.14 bits per heavy atom. The first-order valence-electron chi connectivity index (χ1n) is 6.72. The molecule has 3 rings (SSSR count). The van der Waals surface area contributed by atoms with Gasteiger partial charge in [0.15, 0.2) is 0 Å². The van der Waals surface area contributed by atoms with Crippen LogP contribution in [-0.4, -0.2) is 17.6 Å². The van der Waals surface area contributed by atoms with Gasteiger partial charge in [-0.15, -0.1) is 0 Å². The van der Waals surface area contributed by atoms with Crippen molar-refractivity contribution in [1.82, 2.24) is 5.32 Å². The van der Waals surface area contributed by atoms with Crippen LogP contribution in [0.2, 0.25) is 5.02 Å². The van der Waals surface area contributed by atoms with Gasteiger partial charge in [-0.3, -0.25) is 4.79 Å². The highest BCUT2D eigenvalue weighted by atomic mass is 35.5. The number of hydrogen-bond donors (Lipinski definition) is 3. The standard InChI is InChI=1S/C16H15ClN2O2/c17-11-4-5-14-10(6-11)8-18-9-15(14)16(21)19-12-2-1-3-13(20)7-12/h1-7,15,18,20H,8-9H2,(H,19,21). The smallest absolute Gasteiger partial charge is 0.233 e. The Balaban J connectivity index is 1.83. The molecule has 0 saturated heterocycles. The molecule has 1 aliphatic heterocycles. The highest BCUT2D eigenvalue weighted by Crippen LogP contribution is 2.28. The zero-order valence-corrected chi connectivity index (χ0v) is 12.0. The number of carbonyl (C=O) groups excluding carboxylic acids is 1. The topological polar surface area (TPSA) is 61.4 Å². The fourth-order valence-electron chi connectivity index (χ4n) is 2.58. The monoisotopic (exact) mass is 302 g/mol. The lowest BCUT2D eigenvalue weighted by molar-refractivity contribution is -0.117. The number of hydrogen-bond acceptors (Lipinski definition) is 3. The molecule has 0 aliphatic carbocycles. The molecular weight excluding hydrogens is 288 g/mol. The molecule has 2 aromatic rings. The van der Waals surface area contributed by atoms with Crippen molar-refractivity contribution in [3.63, 3.8) is 0 Å². The van der Waals surface area contributed by atoms with Crippen LogP contribution in [0.25, 0.3) is 0 Å². The van der Waals surface area contributed by atoms with E-state index in [1.54, 1.807) is 24.3 Å². The average Bonchev–Trinajstić information content (AvgIpc) is 2.46. The van der Waals surface area contributed by atoms with Gasteiger partial charge in [0.05, 0.1) is 5.92 Å². The molecule has 2 aromatic carbocycles. The van der Waals surface area contributed by atoms with Crippen LogP contribution in [0.1, 0.15) is 17.0 Å². The van der Waals surface area contributed by atoms with Gasteiger partial charge in [-0.1, -0.05) is 23.7 Å². The molecule has 0 bridgehead atoms. The predicted molar refractivity (Wildman–Crippen MR) is 82.6 cm³/mol. The molecule has 1 unspecified atom stereocenters. The van der Waals surface area contributed by atoms with E-state index in [4.69, 9.17) is 11.6 Å². The first-order chi connectivity index (χ1) is 10.1. The quantitative estimate of drug-likeness (QED) is 0.799. The molecule has 1 amide bonds. The minimum absolute atomic E-state index is 0.101. The summed E-state index contributed by atoms with van der Waals surface area (Å²) in [6, 6.07) is 12.1. The highest BCUT2D eigenvalue weighted by Gasteiger charge is 2.26. The first kappa shape index (κ1) is 13.9. The fraction of sp³-hybridized carbons (Fsp3) is 0.188. The van der Waals surface area contributed by atoms with Crippen LogP contribution in [0.15, 0.2) is 42.5 Å². The molecule has 0 fully saturated rings. The lowest BCUT2D eigenvalue weighted by Gasteiger charge is -2.25. The van der Waals surface area contributed by atoms with Gasteiger partial charge in [0.25, 0.3) is 0 Å². The Morgan fingerprint density at radius 1 is 1.29 bits per heavy atom. The van der Waals surface area contributed by atoms with Crippen LogP contribution < -0.4 is 10.6 Å². The van der Waals surface area contributed by atoms with Crippen molar-refractivity contribution < 1.29 is 9.90 Å². The van der Waals surface area contributed by atoms with Crippen molar-refractivity contribution in [2.75, 3.05) is 11.9 Å². The van der Waals surface area contributed by atoms with Crippen molar-refractivity contribution in [1.29, 1.82) is 0 Å². The Kier molecular flexibility index (Phi) is 3.82. The molecule has 0 radical (unpaired) electrons. The van der Waals surface area contributed by atoms with Gasteiger partial charge in [0.1, 0.15) is 5.75 Å². The van der Waals surface area contributed by atoms with Gasteiger partial charge in [0, 0.05) is 29.9 Å². The minimum Gasteiger partial charge on any atom is -0.508 e.